The maximum absolute atomic E-state index is 13.3. The van der Waals surface area contributed by atoms with Crippen molar-refractivity contribution in [3.05, 3.63) is 72.6 Å². The number of nitrogens with zero attached hydrogens (tertiary/aromatic N) is 4. The van der Waals surface area contributed by atoms with E-state index in [9.17, 15) is 13.2 Å². The van der Waals surface area contributed by atoms with Gasteiger partial charge in [0.15, 0.2) is 0 Å². The largest absolute Gasteiger partial charge is 0.476 e. The van der Waals surface area contributed by atoms with Crippen LogP contribution in [-0.4, -0.2) is 63.5 Å². The summed E-state index contributed by atoms with van der Waals surface area (Å²) in [6.45, 7) is 1.22. The number of amides is 1. The summed E-state index contributed by atoms with van der Waals surface area (Å²) in [5, 5.41) is 0.938. The fraction of sp³-hybridized carbons (Fsp3) is 0.323. The molecule has 1 fully saturated rings. The third-order valence-corrected chi connectivity index (χ3v) is 9.46. The number of carbonyl (C=O) groups is 1. The van der Waals surface area contributed by atoms with Crippen molar-refractivity contribution in [3.8, 4) is 17.0 Å². The van der Waals surface area contributed by atoms with E-state index in [-0.39, 0.29) is 22.4 Å². The van der Waals surface area contributed by atoms with Crippen molar-refractivity contribution in [2.75, 3.05) is 43.9 Å². The zero-order valence-corrected chi connectivity index (χ0v) is 24.2. The minimum absolute atomic E-state index is 0.133. The molecule has 2 aliphatic rings. The normalized spacial score (nSPS) is 15.8. The highest BCUT2D eigenvalue weighted by Gasteiger charge is 2.54. The Labute approximate surface area is 240 Å². The third kappa shape index (κ3) is 4.81. The van der Waals surface area contributed by atoms with Gasteiger partial charge in [0.05, 0.1) is 34.3 Å². The molecule has 0 atom stereocenters. The van der Waals surface area contributed by atoms with E-state index in [1.807, 2.05) is 39.3 Å². The molecule has 1 aliphatic heterocycles. The minimum atomic E-state index is -3.88. The van der Waals surface area contributed by atoms with Crippen LogP contribution in [0.3, 0.4) is 0 Å². The van der Waals surface area contributed by atoms with Crippen LogP contribution in [0.25, 0.3) is 22.0 Å². The predicted molar refractivity (Wildman–Crippen MR) is 160 cm³/mol. The summed E-state index contributed by atoms with van der Waals surface area (Å²) in [6.07, 6.45) is 6.93. The van der Waals surface area contributed by atoms with E-state index < -0.39 is 15.4 Å². The fourth-order valence-electron chi connectivity index (χ4n) is 5.80. The van der Waals surface area contributed by atoms with Crippen molar-refractivity contribution in [3.63, 3.8) is 0 Å². The molecule has 1 N–H and O–H groups in total. The SMILES string of the molecule is CN(C)CCCOc1ncc(-c2ccc3ncc4c(c3c2)C2(CCC2)C(=O)N4C)cc1NS(=O)(=O)c1ccccc1. The number of aromatic nitrogens is 2. The van der Waals surface area contributed by atoms with Crippen molar-refractivity contribution in [1.82, 2.24) is 14.9 Å². The molecule has 1 spiro atoms. The topological polar surface area (TPSA) is 105 Å². The molecule has 9 nitrogen and oxygen atoms in total. The number of ether oxygens (including phenoxy) is 1. The molecule has 2 aromatic carbocycles. The summed E-state index contributed by atoms with van der Waals surface area (Å²) in [7, 11) is 1.92. The molecule has 41 heavy (non-hydrogen) atoms. The van der Waals surface area contributed by atoms with E-state index in [0.29, 0.717) is 6.61 Å². The van der Waals surface area contributed by atoms with Gasteiger partial charge in [-0.1, -0.05) is 30.7 Å². The Hall–Kier alpha value is -4.02. The molecule has 1 amide bonds. The zero-order valence-electron chi connectivity index (χ0n) is 23.4. The highest BCUT2D eigenvalue weighted by Crippen LogP contribution is 2.55. The van der Waals surface area contributed by atoms with Gasteiger partial charge in [-0.3, -0.25) is 14.5 Å². The molecule has 0 radical (unpaired) electrons. The Bertz CT molecular complexity index is 1740. The first-order chi connectivity index (χ1) is 19.7. The summed E-state index contributed by atoms with van der Waals surface area (Å²) >= 11 is 0. The highest BCUT2D eigenvalue weighted by atomic mass is 32.2. The Kier molecular flexibility index (Phi) is 6.91. The van der Waals surface area contributed by atoms with Crippen LogP contribution in [0.15, 0.2) is 71.9 Å². The molecule has 10 heteroatoms. The fourth-order valence-corrected chi connectivity index (χ4v) is 6.87. The molecule has 2 aromatic heterocycles. The predicted octanol–water partition coefficient (Wildman–Crippen LogP) is 4.83. The van der Waals surface area contributed by atoms with Gasteiger partial charge < -0.3 is 14.5 Å². The number of sulfonamides is 1. The molecule has 0 unspecified atom stereocenters. The summed E-state index contributed by atoms with van der Waals surface area (Å²) in [4.78, 5) is 26.4. The molecule has 212 valence electrons. The lowest BCUT2D eigenvalue weighted by atomic mass is 9.64. The number of rotatable bonds is 9. The van der Waals surface area contributed by atoms with E-state index in [0.717, 1.165) is 65.5 Å². The monoisotopic (exact) mass is 571 g/mol. The van der Waals surface area contributed by atoms with Gasteiger partial charge in [0.1, 0.15) is 5.69 Å². The third-order valence-electron chi connectivity index (χ3n) is 8.08. The molecular formula is C31H33N5O4S. The lowest BCUT2D eigenvalue weighted by molar-refractivity contribution is -0.125. The molecule has 1 saturated carbocycles. The highest BCUT2D eigenvalue weighted by molar-refractivity contribution is 7.92. The first-order valence-electron chi connectivity index (χ1n) is 13.8. The quantitative estimate of drug-likeness (QED) is 0.287. The first kappa shape index (κ1) is 27.2. The van der Waals surface area contributed by atoms with Crippen molar-refractivity contribution in [2.24, 2.45) is 0 Å². The Balaban J connectivity index is 1.41. The lowest BCUT2D eigenvalue weighted by Crippen LogP contribution is -2.43. The van der Waals surface area contributed by atoms with Crippen molar-refractivity contribution < 1.29 is 17.9 Å². The standard InChI is InChI=1S/C31H33N5O4S/c1-35(2)15-8-16-40-29-26(34-41(38,39)23-9-5-4-6-10-23)18-22(19-33-29)21-11-12-25-24(17-21)28-27(20-32-25)36(3)30(37)31(28)13-7-14-31/h4-6,9-12,17-20,34H,7-8,13-16H2,1-3H3. The number of nitrogens with one attached hydrogen (secondary N) is 1. The number of likely N-dealkylation sites (N-methyl/N-ethyl adjacent to an activating group) is 1. The van der Waals surface area contributed by atoms with Crippen molar-refractivity contribution in [2.45, 2.75) is 36.0 Å². The minimum Gasteiger partial charge on any atom is -0.476 e. The van der Waals surface area contributed by atoms with Crippen LogP contribution in [0.4, 0.5) is 11.4 Å². The molecule has 6 rings (SSSR count). The summed E-state index contributed by atoms with van der Waals surface area (Å²) in [5.74, 6) is 0.351. The number of benzene rings is 2. The number of carbonyl (C=O) groups excluding carboxylic acids is 1. The van der Waals surface area contributed by atoms with Crippen molar-refractivity contribution >= 4 is 38.2 Å². The van der Waals surface area contributed by atoms with Crippen LogP contribution in [0.1, 0.15) is 31.2 Å². The maximum Gasteiger partial charge on any atom is 0.262 e. The van der Waals surface area contributed by atoms with Crippen LogP contribution in [0.5, 0.6) is 5.88 Å². The van der Waals surface area contributed by atoms with Crippen LogP contribution in [0, 0.1) is 0 Å². The summed E-state index contributed by atoms with van der Waals surface area (Å²) in [5.41, 5.74) is 4.06. The molecule has 1 aliphatic carbocycles. The first-order valence-corrected chi connectivity index (χ1v) is 15.3. The van der Waals surface area contributed by atoms with E-state index in [1.165, 1.54) is 0 Å². The average molecular weight is 572 g/mol. The van der Waals surface area contributed by atoms with Crippen LogP contribution in [-0.2, 0) is 20.2 Å². The van der Waals surface area contributed by atoms with Gasteiger partial charge in [-0.25, -0.2) is 13.4 Å². The number of hydrogen-bond donors (Lipinski definition) is 1. The molecule has 0 saturated heterocycles. The van der Waals surface area contributed by atoms with Crippen molar-refractivity contribution in [1.29, 1.82) is 0 Å². The average Bonchev–Trinajstić information content (AvgIpc) is 3.18. The number of fused-ring (bicyclic) bond motifs is 4. The second kappa shape index (κ2) is 10.4. The van der Waals surface area contributed by atoms with E-state index in [1.54, 1.807) is 53.7 Å². The zero-order chi connectivity index (χ0) is 28.8. The Morgan fingerprint density at radius 1 is 1.02 bits per heavy atom. The van der Waals surface area contributed by atoms with E-state index in [4.69, 9.17) is 4.74 Å². The number of hydrogen-bond acceptors (Lipinski definition) is 7. The maximum atomic E-state index is 13.3. The number of pyridine rings is 2. The van der Waals surface area contributed by atoms with Gasteiger partial charge in [-0.15, -0.1) is 0 Å². The van der Waals surface area contributed by atoms with Crippen LogP contribution >= 0.6 is 0 Å². The van der Waals surface area contributed by atoms with Crippen LogP contribution in [0.2, 0.25) is 0 Å². The summed E-state index contributed by atoms with van der Waals surface area (Å²) in [6, 6.07) is 15.9. The van der Waals surface area contributed by atoms with E-state index >= 15 is 0 Å². The van der Waals surface area contributed by atoms with Gasteiger partial charge in [-0.05, 0) is 69.3 Å². The molecule has 0 bridgehead atoms. The van der Waals surface area contributed by atoms with Gasteiger partial charge in [0.2, 0.25) is 11.8 Å². The molecular weight excluding hydrogens is 538 g/mol. The number of anilines is 2. The van der Waals surface area contributed by atoms with Gasteiger partial charge in [0.25, 0.3) is 10.0 Å². The second-order valence-corrected chi connectivity index (χ2v) is 12.7. The second-order valence-electron chi connectivity index (χ2n) is 11.1. The smallest absolute Gasteiger partial charge is 0.262 e. The Morgan fingerprint density at radius 2 is 1.80 bits per heavy atom. The Morgan fingerprint density at radius 3 is 2.51 bits per heavy atom. The lowest BCUT2D eigenvalue weighted by Gasteiger charge is -2.37. The van der Waals surface area contributed by atoms with Crippen LogP contribution < -0.4 is 14.4 Å². The van der Waals surface area contributed by atoms with Gasteiger partial charge in [0, 0.05) is 36.3 Å². The van der Waals surface area contributed by atoms with Gasteiger partial charge in [-0.2, -0.15) is 0 Å². The summed E-state index contributed by atoms with van der Waals surface area (Å²) < 4.78 is 35.1. The van der Waals surface area contributed by atoms with Gasteiger partial charge >= 0.3 is 0 Å². The molecule has 3 heterocycles. The molecule has 4 aromatic rings. The van der Waals surface area contributed by atoms with E-state index in [2.05, 4.69) is 19.6 Å².